The predicted molar refractivity (Wildman–Crippen MR) is 80.8 cm³/mol. The second-order valence-electron chi connectivity index (χ2n) is 5.06. The first-order chi connectivity index (χ1) is 11.0. The minimum Gasteiger partial charge on any atom is -0.481 e. The predicted octanol–water partition coefficient (Wildman–Crippen LogP) is 1.38. The molecule has 0 radical (unpaired) electrons. The first kappa shape index (κ1) is 15.5. The molecule has 0 atom stereocenters. The summed E-state index contributed by atoms with van der Waals surface area (Å²) in [6.45, 7) is 0. The van der Waals surface area contributed by atoms with Gasteiger partial charge in [-0.3, -0.25) is 4.79 Å². The third-order valence-corrected chi connectivity index (χ3v) is 4.57. The summed E-state index contributed by atoms with van der Waals surface area (Å²) in [6, 6.07) is 5.74. The highest BCUT2D eigenvalue weighted by molar-refractivity contribution is 7.89. The second-order valence-corrected chi connectivity index (χ2v) is 6.70. The van der Waals surface area contributed by atoms with Crippen molar-refractivity contribution in [2.24, 2.45) is 0 Å². The molecule has 3 rings (SSSR count). The van der Waals surface area contributed by atoms with Gasteiger partial charge in [-0.2, -0.15) is 0 Å². The Bertz CT molecular complexity index is 809. The van der Waals surface area contributed by atoms with E-state index in [1.54, 1.807) is 12.1 Å². The van der Waals surface area contributed by atoms with Crippen molar-refractivity contribution in [2.75, 3.05) is 12.4 Å². The summed E-state index contributed by atoms with van der Waals surface area (Å²) in [5.74, 6) is -0.248. The van der Waals surface area contributed by atoms with Gasteiger partial charge in [-0.05, 0) is 31.0 Å². The number of aromatic nitrogens is 1. The Balaban J connectivity index is 1.70. The summed E-state index contributed by atoms with van der Waals surface area (Å²) in [4.78, 5) is 16.0. The van der Waals surface area contributed by atoms with Gasteiger partial charge in [0.05, 0.1) is 19.0 Å². The van der Waals surface area contributed by atoms with Crippen LogP contribution in [0.2, 0.25) is 0 Å². The Morgan fingerprint density at radius 1 is 1.30 bits per heavy atom. The molecule has 2 aromatic rings. The maximum absolute atomic E-state index is 12.1. The van der Waals surface area contributed by atoms with Gasteiger partial charge >= 0.3 is 0 Å². The van der Waals surface area contributed by atoms with E-state index in [1.807, 2.05) is 0 Å². The fraction of sp³-hybridized carbons (Fsp3) is 0.286. The summed E-state index contributed by atoms with van der Waals surface area (Å²) < 4.78 is 36.5. The van der Waals surface area contributed by atoms with E-state index < -0.39 is 15.9 Å². The maximum Gasteiger partial charge on any atom is 0.291 e. The van der Waals surface area contributed by atoms with E-state index in [1.165, 1.54) is 25.4 Å². The van der Waals surface area contributed by atoms with Crippen molar-refractivity contribution in [3.63, 3.8) is 0 Å². The number of hydrogen-bond acceptors (Lipinski definition) is 6. The topological polar surface area (TPSA) is 111 Å². The summed E-state index contributed by atoms with van der Waals surface area (Å²) in [5, 5.41) is 2.29. The molecule has 1 saturated carbocycles. The van der Waals surface area contributed by atoms with Crippen LogP contribution in [0.4, 0.5) is 5.69 Å². The van der Waals surface area contributed by atoms with Crippen molar-refractivity contribution in [1.82, 2.24) is 9.71 Å². The van der Waals surface area contributed by atoms with Gasteiger partial charge in [0.15, 0.2) is 5.76 Å². The zero-order valence-corrected chi connectivity index (χ0v) is 13.1. The molecule has 8 nitrogen and oxygen atoms in total. The Morgan fingerprint density at radius 3 is 2.70 bits per heavy atom. The number of carbonyl (C=O) groups excluding carboxylic acids is 1. The zero-order valence-electron chi connectivity index (χ0n) is 12.3. The van der Waals surface area contributed by atoms with E-state index in [0.717, 1.165) is 12.8 Å². The molecule has 0 bridgehead atoms. The number of nitrogens with zero attached hydrogens (tertiary/aromatic N) is 1. The highest BCUT2D eigenvalue weighted by Gasteiger charge is 2.30. The van der Waals surface area contributed by atoms with Crippen molar-refractivity contribution in [3.8, 4) is 5.88 Å². The SMILES string of the molecule is COc1ccc(NC(=O)c2ccc(S(=O)(=O)NC3CC3)o2)cn1. The molecule has 0 spiro atoms. The Hall–Kier alpha value is -2.39. The number of anilines is 1. The molecule has 1 aliphatic carbocycles. The first-order valence-corrected chi connectivity index (χ1v) is 8.40. The number of ether oxygens (including phenoxy) is 1. The Labute approximate surface area is 132 Å². The zero-order chi connectivity index (χ0) is 16.4. The number of rotatable bonds is 6. The molecule has 2 heterocycles. The van der Waals surface area contributed by atoms with Crippen LogP contribution >= 0.6 is 0 Å². The second kappa shape index (κ2) is 6.01. The molecule has 2 aromatic heterocycles. The van der Waals surface area contributed by atoms with Gasteiger partial charge in [0, 0.05) is 12.1 Å². The molecule has 23 heavy (non-hydrogen) atoms. The van der Waals surface area contributed by atoms with E-state index in [0.29, 0.717) is 11.6 Å². The van der Waals surface area contributed by atoms with Crippen LogP contribution in [0, 0.1) is 0 Å². The van der Waals surface area contributed by atoms with Gasteiger partial charge in [0.1, 0.15) is 0 Å². The normalized spacial score (nSPS) is 14.5. The van der Waals surface area contributed by atoms with E-state index in [9.17, 15) is 13.2 Å². The van der Waals surface area contributed by atoms with Crippen LogP contribution < -0.4 is 14.8 Å². The summed E-state index contributed by atoms with van der Waals surface area (Å²) in [5.41, 5.74) is 0.438. The number of carbonyl (C=O) groups is 1. The largest absolute Gasteiger partial charge is 0.481 e. The van der Waals surface area contributed by atoms with Crippen molar-refractivity contribution in [1.29, 1.82) is 0 Å². The summed E-state index contributed by atoms with van der Waals surface area (Å²) in [7, 11) is -2.23. The van der Waals surface area contributed by atoms with E-state index in [2.05, 4.69) is 15.0 Å². The fourth-order valence-electron chi connectivity index (χ4n) is 1.83. The molecule has 9 heteroatoms. The van der Waals surface area contributed by atoms with Gasteiger partial charge in [0.25, 0.3) is 15.9 Å². The molecular formula is C14H15N3O5S. The minimum atomic E-state index is -3.72. The molecule has 1 aliphatic rings. The molecule has 122 valence electrons. The molecule has 2 N–H and O–H groups in total. The van der Waals surface area contributed by atoms with Crippen LogP contribution in [0.1, 0.15) is 23.4 Å². The first-order valence-electron chi connectivity index (χ1n) is 6.91. The van der Waals surface area contributed by atoms with Crippen molar-refractivity contribution in [2.45, 2.75) is 24.0 Å². The maximum atomic E-state index is 12.1. The number of pyridine rings is 1. The molecule has 1 amide bonds. The van der Waals surface area contributed by atoms with Gasteiger partial charge in [-0.15, -0.1) is 0 Å². The van der Waals surface area contributed by atoms with Crippen LogP contribution in [-0.2, 0) is 10.0 Å². The average Bonchev–Trinajstić information content (AvgIpc) is 3.18. The minimum absolute atomic E-state index is 0.0345. The van der Waals surface area contributed by atoms with Crippen LogP contribution in [-0.4, -0.2) is 32.5 Å². The monoisotopic (exact) mass is 337 g/mol. The van der Waals surface area contributed by atoms with Gasteiger partial charge < -0.3 is 14.5 Å². The standard InChI is InChI=1S/C14H15N3O5S/c1-21-12-6-4-10(8-15-12)16-14(18)11-5-7-13(22-11)23(19,20)17-9-2-3-9/h4-9,17H,2-3H2,1H3,(H,16,18). The molecule has 0 unspecified atom stereocenters. The van der Waals surface area contributed by atoms with Crippen molar-refractivity contribution in [3.05, 3.63) is 36.2 Å². The number of furan rings is 1. The lowest BCUT2D eigenvalue weighted by Gasteiger charge is -2.04. The molecular weight excluding hydrogens is 322 g/mol. The van der Waals surface area contributed by atoms with Gasteiger partial charge in [0.2, 0.25) is 11.0 Å². The summed E-state index contributed by atoms with van der Waals surface area (Å²) >= 11 is 0. The van der Waals surface area contributed by atoms with Crippen LogP contribution in [0.15, 0.2) is 40.0 Å². The Kier molecular flexibility index (Phi) is 4.05. The third kappa shape index (κ3) is 3.69. The van der Waals surface area contributed by atoms with E-state index >= 15 is 0 Å². The average molecular weight is 337 g/mol. The number of hydrogen-bond donors (Lipinski definition) is 2. The molecule has 1 fully saturated rings. The van der Waals surface area contributed by atoms with Crippen molar-refractivity contribution >= 4 is 21.6 Å². The van der Waals surface area contributed by atoms with E-state index in [4.69, 9.17) is 9.15 Å². The van der Waals surface area contributed by atoms with E-state index in [-0.39, 0.29) is 16.9 Å². The van der Waals surface area contributed by atoms with Crippen LogP contribution in [0.5, 0.6) is 5.88 Å². The van der Waals surface area contributed by atoms with Crippen LogP contribution in [0.3, 0.4) is 0 Å². The quantitative estimate of drug-likeness (QED) is 0.824. The number of nitrogens with one attached hydrogen (secondary N) is 2. The summed E-state index contributed by atoms with van der Waals surface area (Å²) in [6.07, 6.45) is 3.06. The molecule has 0 aliphatic heterocycles. The lowest BCUT2D eigenvalue weighted by Crippen LogP contribution is -2.25. The lowest BCUT2D eigenvalue weighted by atomic mass is 10.3. The highest BCUT2D eigenvalue weighted by Crippen LogP contribution is 2.23. The lowest BCUT2D eigenvalue weighted by molar-refractivity contribution is 0.0991. The van der Waals surface area contributed by atoms with Gasteiger partial charge in [-0.1, -0.05) is 0 Å². The third-order valence-electron chi connectivity index (χ3n) is 3.17. The van der Waals surface area contributed by atoms with Crippen molar-refractivity contribution < 1.29 is 22.4 Å². The molecule has 0 aromatic carbocycles. The Morgan fingerprint density at radius 2 is 2.09 bits per heavy atom. The number of amides is 1. The fourth-order valence-corrected chi connectivity index (χ4v) is 3.07. The van der Waals surface area contributed by atoms with Gasteiger partial charge in [-0.25, -0.2) is 18.1 Å². The smallest absolute Gasteiger partial charge is 0.291 e. The van der Waals surface area contributed by atoms with Crippen LogP contribution in [0.25, 0.3) is 0 Å². The number of sulfonamides is 1. The number of methoxy groups -OCH3 is 1. The highest BCUT2D eigenvalue weighted by atomic mass is 32.2. The molecule has 0 saturated heterocycles.